The number of hydrogen-bond donors (Lipinski definition) is 0. The van der Waals surface area contributed by atoms with E-state index in [2.05, 4.69) is 26.0 Å². The van der Waals surface area contributed by atoms with Crippen LogP contribution in [-0.4, -0.2) is 16.6 Å². The highest BCUT2D eigenvalue weighted by Gasteiger charge is 2.12. The number of nitrogens with zero attached hydrogens (tertiary/aromatic N) is 1. The van der Waals surface area contributed by atoms with Crippen molar-refractivity contribution in [3.63, 3.8) is 0 Å². The Hall–Kier alpha value is -2.16. The third kappa shape index (κ3) is 25.8. The molecule has 0 N–H and O–H groups in total. The van der Waals surface area contributed by atoms with Gasteiger partial charge in [0, 0.05) is 23.5 Å². The summed E-state index contributed by atoms with van der Waals surface area (Å²) in [5.74, 6) is -0.0218. The van der Waals surface area contributed by atoms with Gasteiger partial charge in [-0.2, -0.15) is 0 Å². The van der Waals surface area contributed by atoms with Crippen molar-refractivity contribution in [3.05, 3.63) is 59.9 Å². The van der Waals surface area contributed by atoms with Gasteiger partial charge in [0.05, 0.1) is 0 Å². The number of allylic oxidation sites excluding steroid dienone is 2. The molecule has 0 saturated carbocycles. The van der Waals surface area contributed by atoms with Crippen molar-refractivity contribution in [2.45, 2.75) is 213 Å². The quantitative estimate of drug-likeness (QED) is 0.0543. The summed E-state index contributed by atoms with van der Waals surface area (Å²) in [5.41, 5.74) is 1.25. The Balaban J connectivity index is 2.28. The van der Waals surface area contributed by atoms with Gasteiger partial charge in [-0.05, 0) is 44.7 Å². The van der Waals surface area contributed by atoms with Gasteiger partial charge >= 0.3 is 0 Å². The van der Waals surface area contributed by atoms with Crippen LogP contribution in [0.2, 0.25) is 0 Å². The first-order valence-corrected chi connectivity index (χ1v) is 20.9. The SMILES string of the molecule is CCCCCCCCCCCCCCCCC=CN(C=CCCCCCCCCCCCCCCCC)C(=O)c1ccc(C(C)=O)cc1. The van der Waals surface area contributed by atoms with Crippen LogP contribution >= 0.6 is 0 Å². The molecule has 1 aromatic carbocycles. The summed E-state index contributed by atoms with van der Waals surface area (Å²) < 4.78 is 0. The van der Waals surface area contributed by atoms with E-state index in [1.165, 1.54) is 180 Å². The summed E-state index contributed by atoms with van der Waals surface area (Å²) in [6.07, 6.45) is 48.5. The Kier molecular flexibility index (Phi) is 30.5. The third-order valence-corrected chi connectivity index (χ3v) is 9.75. The van der Waals surface area contributed by atoms with Gasteiger partial charge in [-0.15, -0.1) is 0 Å². The fourth-order valence-corrected chi connectivity index (χ4v) is 6.47. The van der Waals surface area contributed by atoms with Gasteiger partial charge in [-0.25, -0.2) is 0 Å². The van der Waals surface area contributed by atoms with Crippen molar-refractivity contribution in [3.8, 4) is 0 Å². The Morgan fingerprint density at radius 1 is 0.438 bits per heavy atom. The molecule has 0 heterocycles. The highest BCUT2D eigenvalue weighted by molar-refractivity contribution is 5.98. The predicted molar refractivity (Wildman–Crippen MR) is 211 cm³/mol. The van der Waals surface area contributed by atoms with E-state index in [0.717, 1.165) is 12.8 Å². The van der Waals surface area contributed by atoms with E-state index >= 15 is 0 Å². The molecule has 3 heteroatoms. The van der Waals surface area contributed by atoms with Crippen LogP contribution in [0.3, 0.4) is 0 Å². The lowest BCUT2D eigenvalue weighted by molar-refractivity contribution is 0.0868. The van der Waals surface area contributed by atoms with Gasteiger partial charge in [0.2, 0.25) is 0 Å². The highest BCUT2D eigenvalue weighted by Crippen LogP contribution is 2.16. The monoisotopic (exact) mass is 664 g/mol. The molecule has 0 saturated heterocycles. The second-order valence-corrected chi connectivity index (χ2v) is 14.4. The number of carbonyl (C=O) groups excluding carboxylic acids is 2. The molecule has 1 aromatic rings. The summed E-state index contributed by atoms with van der Waals surface area (Å²) in [5, 5.41) is 0. The van der Waals surface area contributed by atoms with Crippen LogP contribution in [0.1, 0.15) is 234 Å². The Bertz CT molecular complexity index is 889. The lowest BCUT2D eigenvalue weighted by Gasteiger charge is -2.14. The van der Waals surface area contributed by atoms with Crippen LogP contribution < -0.4 is 0 Å². The van der Waals surface area contributed by atoms with E-state index in [9.17, 15) is 9.59 Å². The second kappa shape index (κ2) is 33.3. The molecule has 0 radical (unpaired) electrons. The summed E-state index contributed by atoms with van der Waals surface area (Å²) in [7, 11) is 0. The first-order valence-electron chi connectivity index (χ1n) is 20.9. The molecule has 0 aliphatic heterocycles. The lowest BCUT2D eigenvalue weighted by atomic mass is 10.0. The van der Waals surface area contributed by atoms with Crippen LogP contribution in [0, 0.1) is 0 Å². The fraction of sp³-hybridized carbons (Fsp3) is 0.733. The van der Waals surface area contributed by atoms with E-state index in [1.54, 1.807) is 36.1 Å². The minimum atomic E-state index is -0.0421. The largest absolute Gasteiger partial charge is 0.295 e. The lowest BCUT2D eigenvalue weighted by Crippen LogP contribution is -2.20. The van der Waals surface area contributed by atoms with Gasteiger partial charge in [-0.3, -0.25) is 14.5 Å². The van der Waals surface area contributed by atoms with Gasteiger partial charge in [0.25, 0.3) is 5.91 Å². The maximum atomic E-state index is 13.3. The number of carbonyl (C=O) groups is 2. The van der Waals surface area contributed by atoms with Gasteiger partial charge in [-0.1, -0.05) is 205 Å². The van der Waals surface area contributed by atoms with Gasteiger partial charge in [0.1, 0.15) is 0 Å². The molecular weight excluding hydrogens is 587 g/mol. The van der Waals surface area contributed by atoms with Crippen molar-refractivity contribution in [1.82, 2.24) is 4.90 Å². The summed E-state index contributed by atoms with van der Waals surface area (Å²) >= 11 is 0. The maximum Gasteiger partial charge on any atom is 0.261 e. The van der Waals surface area contributed by atoms with Crippen molar-refractivity contribution in [1.29, 1.82) is 0 Å². The molecular formula is C45H77NO2. The number of hydrogen-bond acceptors (Lipinski definition) is 2. The third-order valence-electron chi connectivity index (χ3n) is 9.75. The molecule has 0 unspecified atom stereocenters. The maximum absolute atomic E-state index is 13.3. The van der Waals surface area contributed by atoms with Crippen molar-refractivity contribution < 1.29 is 9.59 Å². The summed E-state index contributed by atoms with van der Waals surface area (Å²) in [6, 6.07) is 7.05. The zero-order chi connectivity index (χ0) is 34.8. The van der Waals surface area contributed by atoms with Crippen LogP contribution in [0.5, 0.6) is 0 Å². The zero-order valence-corrected chi connectivity index (χ0v) is 32.1. The molecule has 274 valence electrons. The number of benzene rings is 1. The van der Waals surface area contributed by atoms with E-state index in [1.807, 2.05) is 12.4 Å². The molecule has 0 aromatic heterocycles. The topological polar surface area (TPSA) is 37.4 Å². The molecule has 0 fully saturated rings. The average molecular weight is 664 g/mol. The van der Waals surface area contributed by atoms with Crippen LogP contribution in [0.15, 0.2) is 48.8 Å². The van der Waals surface area contributed by atoms with Crippen LogP contribution in [0.4, 0.5) is 0 Å². The zero-order valence-electron chi connectivity index (χ0n) is 32.1. The van der Waals surface area contributed by atoms with E-state index in [-0.39, 0.29) is 11.7 Å². The molecule has 0 spiro atoms. The number of unbranched alkanes of at least 4 members (excludes halogenated alkanes) is 28. The van der Waals surface area contributed by atoms with E-state index < -0.39 is 0 Å². The smallest absolute Gasteiger partial charge is 0.261 e. The molecule has 48 heavy (non-hydrogen) atoms. The number of rotatable bonds is 34. The van der Waals surface area contributed by atoms with Crippen LogP contribution in [-0.2, 0) is 0 Å². The molecule has 0 aliphatic carbocycles. The van der Waals surface area contributed by atoms with E-state index in [4.69, 9.17) is 0 Å². The molecule has 1 rings (SSSR count). The molecule has 1 amide bonds. The summed E-state index contributed by atoms with van der Waals surface area (Å²) in [4.78, 5) is 26.8. The van der Waals surface area contributed by atoms with Crippen LogP contribution in [0.25, 0.3) is 0 Å². The minimum Gasteiger partial charge on any atom is -0.295 e. The van der Waals surface area contributed by atoms with E-state index in [0.29, 0.717) is 11.1 Å². The second-order valence-electron chi connectivity index (χ2n) is 14.4. The summed E-state index contributed by atoms with van der Waals surface area (Å²) in [6.45, 7) is 6.13. The molecule has 0 atom stereocenters. The van der Waals surface area contributed by atoms with Crippen molar-refractivity contribution in [2.24, 2.45) is 0 Å². The minimum absolute atomic E-state index is 0.0204. The molecule has 0 bridgehead atoms. The normalized spacial score (nSPS) is 11.6. The predicted octanol–water partition coefficient (Wildman–Crippen LogP) is 15.1. The highest BCUT2D eigenvalue weighted by atomic mass is 16.2. The van der Waals surface area contributed by atoms with Gasteiger partial charge < -0.3 is 0 Å². The average Bonchev–Trinajstić information content (AvgIpc) is 3.10. The first-order chi connectivity index (χ1) is 23.6. The van der Waals surface area contributed by atoms with Crippen molar-refractivity contribution in [2.75, 3.05) is 0 Å². The number of Topliss-reactive ketones (excluding diaryl/α,β-unsaturated/α-hetero) is 1. The first kappa shape index (κ1) is 43.9. The molecule has 3 nitrogen and oxygen atoms in total. The Morgan fingerprint density at radius 2 is 0.708 bits per heavy atom. The Labute approximate surface area is 298 Å². The van der Waals surface area contributed by atoms with Gasteiger partial charge in [0.15, 0.2) is 5.78 Å². The van der Waals surface area contributed by atoms with Crippen molar-refractivity contribution >= 4 is 11.7 Å². The standard InChI is InChI=1S/C45H77NO2/c1-4-6-8-10-12-14-16-18-20-22-24-26-28-30-32-34-40-46(45(48)44-38-36-43(37-39-44)42(3)47)41-35-33-31-29-27-25-23-21-19-17-15-13-11-9-7-5-2/h34-41H,4-33H2,1-3H3. The number of ketones is 1. The number of amides is 1. The Morgan fingerprint density at radius 3 is 1.00 bits per heavy atom. The fourth-order valence-electron chi connectivity index (χ4n) is 6.47. The molecule has 0 aliphatic rings.